The molecular formula is C19H15N5O2S. The van der Waals surface area contributed by atoms with E-state index in [0.29, 0.717) is 29.6 Å². The maximum Gasteiger partial charge on any atom is 0.227 e. The number of nitrogens with zero attached hydrogens (tertiary/aromatic N) is 4. The van der Waals surface area contributed by atoms with Crippen LogP contribution in [0.3, 0.4) is 0 Å². The molecule has 1 N–H and O–H groups in total. The van der Waals surface area contributed by atoms with E-state index in [4.69, 9.17) is 4.52 Å². The normalized spacial score (nSPS) is 10.7. The Morgan fingerprint density at radius 1 is 1.04 bits per heavy atom. The van der Waals surface area contributed by atoms with E-state index in [0.717, 1.165) is 11.1 Å². The molecule has 0 spiro atoms. The number of carbonyl (C=O) groups excluding carboxylic acids is 1. The molecule has 0 saturated heterocycles. The smallest absolute Gasteiger partial charge is 0.227 e. The summed E-state index contributed by atoms with van der Waals surface area (Å²) in [4.78, 5) is 25.0. The fourth-order valence-electron chi connectivity index (χ4n) is 2.44. The molecule has 0 radical (unpaired) electrons. The number of carbonyl (C=O) groups is 1. The van der Waals surface area contributed by atoms with Gasteiger partial charge in [-0.15, -0.1) is 0 Å². The molecule has 1 aromatic carbocycles. The number of benzene rings is 1. The van der Waals surface area contributed by atoms with E-state index in [1.807, 2.05) is 47.2 Å². The molecule has 4 aromatic rings. The van der Waals surface area contributed by atoms with Gasteiger partial charge in [-0.3, -0.25) is 4.79 Å². The molecule has 4 rings (SSSR count). The van der Waals surface area contributed by atoms with Crippen LogP contribution in [0.2, 0.25) is 0 Å². The number of anilines is 1. The highest BCUT2D eigenvalue weighted by Gasteiger charge is 2.11. The molecule has 3 aromatic heterocycles. The van der Waals surface area contributed by atoms with Crippen LogP contribution in [-0.2, 0) is 11.2 Å². The topological polar surface area (TPSA) is 93.8 Å². The Kier molecular flexibility index (Phi) is 4.97. The number of amides is 1. The van der Waals surface area contributed by atoms with Crippen molar-refractivity contribution in [2.24, 2.45) is 0 Å². The minimum Gasteiger partial charge on any atom is -0.339 e. The van der Waals surface area contributed by atoms with Crippen LogP contribution in [0.5, 0.6) is 0 Å². The van der Waals surface area contributed by atoms with Gasteiger partial charge in [-0.2, -0.15) is 16.3 Å². The average molecular weight is 377 g/mol. The Morgan fingerprint density at radius 2 is 1.85 bits per heavy atom. The summed E-state index contributed by atoms with van der Waals surface area (Å²) in [5.74, 6) is 1.42. The monoisotopic (exact) mass is 377 g/mol. The molecule has 3 heterocycles. The van der Waals surface area contributed by atoms with Crippen LogP contribution in [0.25, 0.3) is 22.8 Å². The van der Waals surface area contributed by atoms with Crippen molar-refractivity contribution in [2.45, 2.75) is 12.8 Å². The fourth-order valence-corrected chi connectivity index (χ4v) is 3.07. The highest BCUT2D eigenvalue weighted by molar-refractivity contribution is 7.08. The number of thiophene rings is 1. The maximum atomic E-state index is 12.1. The van der Waals surface area contributed by atoms with Crippen LogP contribution in [0, 0.1) is 0 Å². The molecule has 1 amide bonds. The molecule has 0 unspecified atom stereocenters. The number of hydrogen-bond donors (Lipinski definition) is 1. The fraction of sp³-hybridized carbons (Fsp3) is 0.105. The molecule has 0 atom stereocenters. The van der Waals surface area contributed by atoms with Gasteiger partial charge in [0.1, 0.15) is 0 Å². The first-order chi connectivity index (χ1) is 13.3. The van der Waals surface area contributed by atoms with E-state index >= 15 is 0 Å². The molecule has 0 bridgehead atoms. The SMILES string of the molecule is O=C(CCc1nc(-c2ccsc2)no1)Nc1cnc(-c2ccccc2)nc1. The van der Waals surface area contributed by atoms with Crippen molar-refractivity contribution in [3.8, 4) is 22.8 Å². The second-order valence-corrected chi connectivity index (χ2v) is 6.51. The zero-order valence-corrected chi connectivity index (χ0v) is 15.0. The molecule has 7 nitrogen and oxygen atoms in total. The van der Waals surface area contributed by atoms with Crippen molar-refractivity contribution in [2.75, 3.05) is 5.32 Å². The van der Waals surface area contributed by atoms with E-state index < -0.39 is 0 Å². The molecule has 134 valence electrons. The summed E-state index contributed by atoms with van der Waals surface area (Å²) in [6, 6.07) is 11.6. The van der Waals surface area contributed by atoms with Gasteiger partial charge >= 0.3 is 0 Å². The summed E-state index contributed by atoms with van der Waals surface area (Å²) in [5.41, 5.74) is 2.38. The number of aromatic nitrogens is 4. The van der Waals surface area contributed by atoms with Crippen LogP contribution < -0.4 is 5.32 Å². The van der Waals surface area contributed by atoms with Crippen LogP contribution in [-0.4, -0.2) is 26.0 Å². The van der Waals surface area contributed by atoms with Gasteiger partial charge in [0.25, 0.3) is 0 Å². The summed E-state index contributed by atoms with van der Waals surface area (Å²) in [6.07, 6.45) is 3.78. The lowest BCUT2D eigenvalue weighted by Gasteiger charge is -2.04. The van der Waals surface area contributed by atoms with Crippen molar-refractivity contribution in [1.29, 1.82) is 0 Å². The van der Waals surface area contributed by atoms with Crippen LogP contribution in [0.15, 0.2) is 64.1 Å². The first kappa shape index (κ1) is 17.0. The lowest BCUT2D eigenvalue weighted by Crippen LogP contribution is -2.13. The standard InChI is InChI=1S/C19H15N5O2S/c25-16(6-7-17-23-19(24-26-17)14-8-9-27-12-14)22-15-10-20-18(21-11-15)13-4-2-1-3-5-13/h1-5,8-12H,6-7H2,(H,22,25). The van der Waals surface area contributed by atoms with E-state index in [-0.39, 0.29) is 12.3 Å². The molecule has 27 heavy (non-hydrogen) atoms. The van der Waals surface area contributed by atoms with Crippen LogP contribution in [0.1, 0.15) is 12.3 Å². The lowest BCUT2D eigenvalue weighted by molar-refractivity contribution is -0.116. The van der Waals surface area contributed by atoms with Gasteiger partial charge in [0.15, 0.2) is 5.82 Å². The maximum absolute atomic E-state index is 12.1. The van der Waals surface area contributed by atoms with E-state index in [1.165, 1.54) is 0 Å². The largest absolute Gasteiger partial charge is 0.339 e. The second kappa shape index (κ2) is 7.88. The number of rotatable bonds is 6. The molecule has 8 heteroatoms. The van der Waals surface area contributed by atoms with Crippen LogP contribution >= 0.6 is 11.3 Å². The summed E-state index contributed by atoms with van der Waals surface area (Å²) in [7, 11) is 0. The predicted octanol–water partition coefficient (Wildman–Crippen LogP) is 3.83. The van der Waals surface area contributed by atoms with Crippen molar-refractivity contribution in [1.82, 2.24) is 20.1 Å². The van der Waals surface area contributed by atoms with Gasteiger partial charge in [-0.1, -0.05) is 35.5 Å². The predicted molar refractivity (Wildman–Crippen MR) is 102 cm³/mol. The zero-order chi connectivity index (χ0) is 18.5. The minimum absolute atomic E-state index is 0.165. The highest BCUT2D eigenvalue weighted by atomic mass is 32.1. The zero-order valence-electron chi connectivity index (χ0n) is 14.2. The molecule has 0 aliphatic heterocycles. The number of nitrogens with one attached hydrogen (secondary N) is 1. The summed E-state index contributed by atoms with van der Waals surface area (Å²) < 4.78 is 5.19. The van der Waals surface area contributed by atoms with Gasteiger partial charge in [0.2, 0.25) is 17.6 Å². The van der Waals surface area contributed by atoms with Gasteiger partial charge in [0, 0.05) is 29.3 Å². The Morgan fingerprint density at radius 3 is 2.59 bits per heavy atom. The van der Waals surface area contributed by atoms with Gasteiger partial charge in [-0.05, 0) is 11.4 Å². The van der Waals surface area contributed by atoms with Gasteiger partial charge in [0.05, 0.1) is 18.1 Å². The van der Waals surface area contributed by atoms with E-state index in [1.54, 1.807) is 23.7 Å². The third kappa shape index (κ3) is 4.24. The van der Waals surface area contributed by atoms with E-state index in [2.05, 4.69) is 25.4 Å². The first-order valence-corrected chi connectivity index (χ1v) is 9.25. The molecule has 0 saturated carbocycles. The molecule has 0 fully saturated rings. The first-order valence-electron chi connectivity index (χ1n) is 8.30. The molecule has 0 aliphatic carbocycles. The van der Waals surface area contributed by atoms with Crippen molar-refractivity contribution in [3.05, 3.63) is 65.4 Å². The highest BCUT2D eigenvalue weighted by Crippen LogP contribution is 2.19. The van der Waals surface area contributed by atoms with E-state index in [9.17, 15) is 4.79 Å². The Balaban J connectivity index is 1.32. The van der Waals surface area contributed by atoms with Crippen molar-refractivity contribution >= 4 is 22.9 Å². The molecular weight excluding hydrogens is 362 g/mol. The second-order valence-electron chi connectivity index (χ2n) is 5.73. The lowest BCUT2D eigenvalue weighted by atomic mass is 10.2. The summed E-state index contributed by atoms with van der Waals surface area (Å²) >= 11 is 1.57. The van der Waals surface area contributed by atoms with Gasteiger partial charge in [-0.25, -0.2) is 9.97 Å². The minimum atomic E-state index is -0.165. The van der Waals surface area contributed by atoms with Gasteiger partial charge < -0.3 is 9.84 Å². The Bertz CT molecular complexity index is 1010. The average Bonchev–Trinajstić information content (AvgIpc) is 3.39. The Hall–Kier alpha value is -3.39. The third-order valence-electron chi connectivity index (χ3n) is 3.78. The van der Waals surface area contributed by atoms with Crippen LogP contribution in [0.4, 0.5) is 5.69 Å². The summed E-state index contributed by atoms with van der Waals surface area (Å²) in [5, 5.41) is 10.6. The quantitative estimate of drug-likeness (QED) is 0.549. The molecule has 0 aliphatic rings. The number of hydrogen-bond acceptors (Lipinski definition) is 7. The van der Waals surface area contributed by atoms with Crippen molar-refractivity contribution in [3.63, 3.8) is 0 Å². The third-order valence-corrected chi connectivity index (χ3v) is 4.46. The number of aryl methyl sites for hydroxylation is 1. The summed E-state index contributed by atoms with van der Waals surface area (Å²) in [6.45, 7) is 0. The Labute approximate surface area is 159 Å². The van der Waals surface area contributed by atoms with Crippen molar-refractivity contribution < 1.29 is 9.32 Å².